The Morgan fingerprint density at radius 2 is 2.08 bits per heavy atom. The van der Waals surface area contributed by atoms with Crippen LogP contribution >= 0.6 is 35.3 Å². The van der Waals surface area contributed by atoms with Gasteiger partial charge in [-0.05, 0) is 38.1 Å². The zero-order valence-corrected chi connectivity index (χ0v) is 18.5. The van der Waals surface area contributed by atoms with Gasteiger partial charge in [-0.3, -0.25) is 4.99 Å². The Balaban J connectivity index is 0.00000243. The lowest BCUT2D eigenvalue weighted by molar-refractivity contribution is 0.643. The molecule has 0 saturated carbocycles. The maximum Gasteiger partial charge on any atom is 0.191 e. The van der Waals surface area contributed by atoms with Crippen LogP contribution in [0, 0.1) is 6.92 Å². The summed E-state index contributed by atoms with van der Waals surface area (Å²) < 4.78 is 0. The molecule has 0 saturated heterocycles. The molecule has 1 atom stereocenters. The normalized spacial score (nSPS) is 12.7. The van der Waals surface area contributed by atoms with E-state index in [9.17, 15) is 0 Å². The van der Waals surface area contributed by atoms with Crippen molar-refractivity contribution in [2.75, 3.05) is 13.6 Å². The van der Waals surface area contributed by atoms with Gasteiger partial charge in [-0.15, -0.1) is 35.3 Å². The fourth-order valence-corrected chi connectivity index (χ4v) is 3.82. The molecule has 5 nitrogen and oxygen atoms in total. The lowest BCUT2D eigenvalue weighted by Gasteiger charge is -2.17. The molecule has 0 aliphatic heterocycles. The number of para-hydroxylation sites is 2. The highest BCUT2D eigenvalue weighted by Gasteiger charge is 2.08. The molecule has 0 aliphatic carbocycles. The number of H-pyrrole nitrogens is 1. The summed E-state index contributed by atoms with van der Waals surface area (Å²) in [5, 5.41) is 6.82. The molecule has 0 amide bonds. The molecule has 1 unspecified atom stereocenters. The highest BCUT2D eigenvalue weighted by molar-refractivity contribution is 14.0. The number of hydrogen-bond donors (Lipinski definition) is 3. The number of thiophene rings is 1. The molecule has 26 heavy (non-hydrogen) atoms. The lowest BCUT2D eigenvalue weighted by atomic mass is 10.2. The van der Waals surface area contributed by atoms with E-state index in [1.54, 1.807) is 7.05 Å². The van der Waals surface area contributed by atoms with Crippen molar-refractivity contribution in [1.29, 1.82) is 0 Å². The minimum absolute atomic E-state index is 0. The van der Waals surface area contributed by atoms with E-state index in [1.165, 1.54) is 9.75 Å². The molecule has 140 valence electrons. The Kier molecular flexibility index (Phi) is 7.89. The zero-order valence-electron chi connectivity index (χ0n) is 15.4. The van der Waals surface area contributed by atoms with Crippen LogP contribution in [0.25, 0.3) is 11.0 Å². The second-order valence-corrected chi connectivity index (χ2v) is 7.58. The van der Waals surface area contributed by atoms with E-state index >= 15 is 0 Å². The monoisotopic (exact) mass is 483 g/mol. The van der Waals surface area contributed by atoms with Gasteiger partial charge < -0.3 is 15.6 Å². The van der Waals surface area contributed by atoms with Crippen LogP contribution in [0.5, 0.6) is 0 Å². The predicted molar refractivity (Wildman–Crippen MR) is 122 cm³/mol. The number of rotatable bonds is 6. The van der Waals surface area contributed by atoms with Gasteiger partial charge in [0.25, 0.3) is 0 Å². The summed E-state index contributed by atoms with van der Waals surface area (Å²) in [6, 6.07) is 12.8. The summed E-state index contributed by atoms with van der Waals surface area (Å²) in [7, 11) is 1.80. The molecule has 3 aromatic rings. The molecule has 0 radical (unpaired) electrons. The summed E-state index contributed by atoms with van der Waals surface area (Å²) in [5.41, 5.74) is 2.10. The van der Waals surface area contributed by atoms with E-state index in [0.717, 1.165) is 42.2 Å². The number of aryl methyl sites for hydroxylation is 1. The number of hydrogen-bond acceptors (Lipinski definition) is 3. The van der Waals surface area contributed by atoms with E-state index in [-0.39, 0.29) is 24.0 Å². The van der Waals surface area contributed by atoms with Crippen LogP contribution < -0.4 is 10.6 Å². The number of fused-ring (bicyclic) bond motifs is 1. The van der Waals surface area contributed by atoms with Crippen molar-refractivity contribution in [2.45, 2.75) is 32.7 Å². The zero-order chi connectivity index (χ0) is 17.6. The van der Waals surface area contributed by atoms with Gasteiger partial charge in [-0.1, -0.05) is 12.1 Å². The van der Waals surface area contributed by atoms with Gasteiger partial charge >= 0.3 is 0 Å². The fraction of sp³-hybridized carbons (Fsp3) is 0.368. The van der Waals surface area contributed by atoms with Crippen molar-refractivity contribution in [1.82, 2.24) is 20.6 Å². The number of guanidine groups is 1. The van der Waals surface area contributed by atoms with E-state index < -0.39 is 0 Å². The molecule has 3 rings (SSSR count). The summed E-state index contributed by atoms with van der Waals surface area (Å²) in [6.45, 7) is 5.11. The van der Waals surface area contributed by atoms with Crippen molar-refractivity contribution in [3.05, 3.63) is 52.0 Å². The highest BCUT2D eigenvalue weighted by Crippen LogP contribution is 2.16. The van der Waals surface area contributed by atoms with Crippen molar-refractivity contribution in [2.24, 2.45) is 4.99 Å². The second kappa shape index (κ2) is 9.91. The molecule has 1 aromatic carbocycles. The minimum Gasteiger partial charge on any atom is -0.356 e. The van der Waals surface area contributed by atoms with E-state index in [2.05, 4.69) is 51.6 Å². The molecule has 7 heteroatoms. The number of nitrogens with one attached hydrogen (secondary N) is 3. The number of aromatic amines is 1. The van der Waals surface area contributed by atoms with Gasteiger partial charge in [0.2, 0.25) is 0 Å². The average molecular weight is 483 g/mol. The molecule has 3 N–H and O–H groups in total. The number of benzene rings is 1. The number of nitrogens with zero attached hydrogens (tertiary/aromatic N) is 2. The molecule has 0 fully saturated rings. The van der Waals surface area contributed by atoms with Crippen LogP contribution in [-0.2, 0) is 12.8 Å². The van der Waals surface area contributed by atoms with Gasteiger partial charge in [-0.2, -0.15) is 0 Å². The van der Waals surface area contributed by atoms with Crippen molar-refractivity contribution >= 4 is 52.3 Å². The third kappa shape index (κ3) is 5.70. The average Bonchev–Trinajstić information content (AvgIpc) is 3.19. The lowest BCUT2D eigenvalue weighted by Crippen LogP contribution is -2.43. The Bertz CT molecular complexity index is 821. The van der Waals surface area contributed by atoms with Gasteiger partial charge in [-0.25, -0.2) is 4.98 Å². The SMILES string of the molecule is CN=C(NCCc1nc2ccccc2[nH]1)NC(C)Cc1ccc(C)s1.I. The Hall–Kier alpha value is -1.61. The molecule has 0 aliphatic rings. The Morgan fingerprint density at radius 3 is 2.77 bits per heavy atom. The Labute approximate surface area is 175 Å². The van der Waals surface area contributed by atoms with Gasteiger partial charge in [0.1, 0.15) is 5.82 Å². The van der Waals surface area contributed by atoms with Gasteiger partial charge in [0.15, 0.2) is 5.96 Å². The van der Waals surface area contributed by atoms with Gasteiger partial charge in [0.05, 0.1) is 11.0 Å². The summed E-state index contributed by atoms with van der Waals surface area (Å²) >= 11 is 1.86. The molecule has 2 heterocycles. The fourth-order valence-electron chi connectivity index (χ4n) is 2.80. The minimum atomic E-state index is 0. The first-order valence-electron chi connectivity index (χ1n) is 8.60. The number of imidazole rings is 1. The van der Waals surface area contributed by atoms with E-state index in [1.807, 2.05) is 35.6 Å². The van der Waals surface area contributed by atoms with Crippen LogP contribution in [0.15, 0.2) is 41.4 Å². The first-order chi connectivity index (χ1) is 12.1. The van der Waals surface area contributed by atoms with Crippen LogP contribution in [0.4, 0.5) is 0 Å². The first kappa shape index (κ1) is 20.7. The largest absolute Gasteiger partial charge is 0.356 e. The molecule has 0 spiro atoms. The predicted octanol–water partition coefficient (Wildman–Crippen LogP) is 3.89. The van der Waals surface area contributed by atoms with E-state index in [4.69, 9.17) is 0 Å². The van der Waals surface area contributed by atoms with Crippen molar-refractivity contribution < 1.29 is 0 Å². The smallest absolute Gasteiger partial charge is 0.191 e. The quantitative estimate of drug-likeness (QED) is 0.283. The second-order valence-electron chi connectivity index (χ2n) is 6.21. The van der Waals surface area contributed by atoms with Crippen LogP contribution in [-0.4, -0.2) is 35.6 Å². The van der Waals surface area contributed by atoms with Crippen LogP contribution in [0.1, 0.15) is 22.5 Å². The molecular formula is C19H26IN5S. The third-order valence-electron chi connectivity index (χ3n) is 4.00. The Morgan fingerprint density at radius 1 is 1.27 bits per heavy atom. The molecule has 2 aromatic heterocycles. The number of aliphatic imine (C=N–C) groups is 1. The molecular weight excluding hydrogens is 457 g/mol. The van der Waals surface area contributed by atoms with Crippen LogP contribution in [0.2, 0.25) is 0 Å². The van der Waals surface area contributed by atoms with Crippen molar-refractivity contribution in [3.63, 3.8) is 0 Å². The summed E-state index contributed by atoms with van der Waals surface area (Å²) in [6.07, 6.45) is 1.83. The third-order valence-corrected chi connectivity index (χ3v) is 5.03. The number of halogens is 1. The molecule has 0 bridgehead atoms. The maximum atomic E-state index is 4.60. The number of aromatic nitrogens is 2. The standard InChI is InChI=1S/C19H25N5S.HI/c1-13(12-15-9-8-14(2)25-15)22-19(20-3)21-11-10-18-23-16-6-4-5-7-17(16)24-18;/h4-9,13H,10-12H2,1-3H3,(H,23,24)(H2,20,21,22);1H. The van der Waals surface area contributed by atoms with Crippen LogP contribution in [0.3, 0.4) is 0 Å². The maximum absolute atomic E-state index is 4.60. The van der Waals surface area contributed by atoms with Gasteiger partial charge in [0, 0.05) is 42.2 Å². The summed E-state index contributed by atoms with van der Waals surface area (Å²) in [4.78, 5) is 15.0. The first-order valence-corrected chi connectivity index (χ1v) is 9.42. The van der Waals surface area contributed by atoms with E-state index in [0.29, 0.717) is 6.04 Å². The summed E-state index contributed by atoms with van der Waals surface area (Å²) in [5.74, 6) is 1.82. The highest BCUT2D eigenvalue weighted by atomic mass is 127. The topological polar surface area (TPSA) is 65.1 Å². The van der Waals surface area contributed by atoms with Crippen molar-refractivity contribution in [3.8, 4) is 0 Å².